The van der Waals surface area contributed by atoms with Crippen molar-refractivity contribution in [3.63, 3.8) is 0 Å². The number of nitrogens with one attached hydrogen (secondary N) is 1. The summed E-state index contributed by atoms with van der Waals surface area (Å²) in [7, 11) is -3.56. The number of nitrogens with zero attached hydrogens (tertiary/aromatic N) is 1. The quantitative estimate of drug-likeness (QED) is 0.871. The minimum absolute atomic E-state index is 0.151. The Hall–Kier alpha value is -1.09. The Morgan fingerprint density at radius 3 is 2.42 bits per heavy atom. The van der Waals surface area contributed by atoms with Crippen LogP contribution in [0.15, 0.2) is 29.2 Å². The predicted octanol–water partition coefficient (Wildman–Crippen LogP) is 2.39. The average molecular weight is 299 g/mol. The van der Waals surface area contributed by atoms with Gasteiger partial charge in [0.25, 0.3) is 0 Å². The van der Waals surface area contributed by atoms with Gasteiger partial charge in [0, 0.05) is 11.4 Å². The minimum Gasteiger partial charge on any atom is -0.207 e. The van der Waals surface area contributed by atoms with Crippen molar-refractivity contribution in [1.82, 2.24) is 4.72 Å². The van der Waals surface area contributed by atoms with Crippen molar-refractivity contribution in [2.24, 2.45) is 0 Å². The third-order valence-corrected chi connectivity index (χ3v) is 5.31. The number of halogens is 1. The molecule has 19 heavy (non-hydrogen) atoms. The number of sulfonamides is 1. The lowest BCUT2D eigenvalue weighted by molar-refractivity contribution is 0.418. The molecule has 2 unspecified atom stereocenters. The first-order valence-corrected chi connectivity index (χ1v) is 8.11. The van der Waals surface area contributed by atoms with Crippen LogP contribution in [0.5, 0.6) is 0 Å². The van der Waals surface area contributed by atoms with Crippen LogP contribution in [0.1, 0.15) is 31.2 Å². The van der Waals surface area contributed by atoms with Crippen molar-refractivity contribution in [1.29, 1.82) is 5.26 Å². The molecule has 4 nitrogen and oxygen atoms in total. The number of hydrogen-bond donors (Lipinski definition) is 1. The molecular weight excluding hydrogens is 284 g/mol. The third-order valence-electron chi connectivity index (χ3n) is 3.28. The standard InChI is InChI=1S/C13H15ClN2O2S/c14-12-3-1-2-4-13(12)16-19(17,18)11-7-5-10(9-15)6-8-11/h5-8,12-13,16H,1-4H2. The fraction of sp³-hybridized carbons (Fsp3) is 0.462. The van der Waals surface area contributed by atoms with Crippen LogP contribution in [0.25, 0.3) is 0 Å². The molecule has 1 aliphatic rings. The first-order chi connectivity index (χ1) is 9.03. The molecule has 0 amide bonds. The highest BCUT2D eigenvalue weighted by Crippen LogP contribution is 2.24. The maximum Gasteiger partial charge on any atom is 0.240 e. The van der Waals surface area contributed by atoms with Gasteiger partial charge in [-0.2, -0.15) is 5.26 Å². The molecule has 0 spiro atoms. The first kappa shape index (κ1) is 14.3. The molecule has 0 bridgehead atoms. The normalized spacial score (nSPS) is 23.8. The number of alkyl halides is 1. The fourth-order valence-electron chi connectivity index (χ4n) is 2.19. The maximum atomic E-state index is 12.2. The van der Waals surface area contributed by atoms with E-state index >= 15 is 0 Å². The van der Waals surface area contributed by atoms with Crippen LogP contribution in [0.3, 0.4) is 0 Å². The van der Waals surface area contributed by atoms with E-state index in [1.807, 2.05) is 6.07 Å². The molecule has 6 heteroatoms. The summed E-state index contributed by atoms with van der Waals surface area (Å²) in [6.07, 6.45) is 3.64. The highest BCUT2D eigenvalue weighted by Gasteiger charge is 2.28. The fourth-order valence-corrected chi connectivity index (χ4v) is 3.92. The highest BCUT2D eigenvalue weighted by atomic mass is 35.5. The summed E-state index contributed by atoms with van der Waals surface area (Å²) in [6.45, 7) is 0. The summed E-state index contributed by atoms with van der Waals surface area (Å²) in [4.78, 5) is 0.168. The van der Waals surface area contributed by atoms with Gasteiger partial charge >= 0.3 is 0 Å². The second kappa shape index (κ2) is 5.91. The molecule has 102 valence electrons. The van der Waals surface area contributed by atoms with Crippen molar-refractivity contribution < 1.29 is 8.42 Å². The molecule has 0 saturated heterocycles. The first-order valence-electron chi connectivity index (χ1n) is 6.19. The second-order valence-electron chi connectivity index (χ2n) is 4.66. The second-order valence-corrected chi connectivity index (χ2v) is 6.94. The van der Waals surface area contributed by atoms with Crippen LogP contribution in [-0.2, 0) is 10.0 Å². The van der Waals surface area contributed by atoms with Gasteiger partial charge in [0.2, 0.25) is 10.0 Å². The Labute approximate surface area is 118 Å². The topological polar surface area (TPSA) is 70.0 Å². The maximum absolute atomic E-state index is 12.2. The SMILES string of the molecule is N#Cc1ccc(S(=O)(=O)NC2CCCCC2Cl)cc1. The monoisotopic (exact) mass is 298 g/mol. The number of nitriles is 1. The number of benzene rings is 1. The minimum atomic E-state index is -3.56. The van der Waals surface area contributed by atoms with E-state index in [1.54, 1.807) is 0 Å². The van der Waals surface area contributed by atoms with Crippen molar-refractivity contribution >= 4 is 21.6 Å². The van der Waals surface area contributed by atoms with E-state index in [2.05, 4.69) is 4.72 Å². The van der Waals surface area contributed by atoms with E-state index in [0.29, 0.717) is 5.56 Å². The van der Waals surface area contributed by atoms with Crippen LogP contribution >= 0.6 is 11.6 Å². The van der Waals surface area contributed by atoms with E-state index < -0.39 is 10.0 Å². The number of hydrogen-bond acceptors (Lipinski definition) is 3. The van der Waals surface area contributed by atoms with Crippen LogP contribution in [0.2, 0.25) is 0 Å². The Morgan fingerprint density at radius 2 is 1.84 bits per heavy atom. The van der Waals surface area contributed by atoms with E-state index in [9.17, 15) is 8.42 Å². The van der Waals surface area contributed by atoms with Gasteiger partial charge < -0.3 is 0 Å². The van der Waals surface area contributed by atoms with Gasteiger partial charge in [0.05, 0.1) is 16.5 Å². The summed E-state index contributed by atoms with van der Waals surface area (Å²) >= 11 is 6.15. The summed E-state index contributed by atoms with van der Waals surface area (Å²) < 4.78 is 27.0. The van der Waals surface area contributed by atoms with Crippen LogP contribution in [0, 0.1) is 11.3 Å². The molecule has 1 N–H and O–H groups in total. The lowest BCUT2D eigenvalue weighted by Gasteiger charge is -2.27. The summed E-state index contributed by atoms with van der Waals surface area (Å²) in [5.41, 5.74) is 0.437. The van der Waals surface area contributed by atoms with Crippen LogP contribution in [-0.4, -0.2) is 19.8 Å². The molecule has 0 aliphatic heterocycles. The van der Waals surface area contributed by atoms with E-state index in [0.717, 1.165) is 25.7 Å². The molecule has 2 atom stereocenters. The lowest BCUT2D eigenvalue weighted by atomic mass is 9.96. The van der Waals surface area contributed by atoms with Crippen LogP contribution in [0.4, 0.5) is 0 Å². The van der Waals surface area contributed by atoms with Gasteiger partial charge in [-0.15, -0.1) is 11.6 Å². The zero-order valence-electron chi connectivity index (χ0n) is 10.3. The Bertz CT molecular complexity index is 578. The van der Waals surface area contributed by atoms with E-state index in [-0.39, 0.29) is 16.3 Å². The van der Waals surface area contributed by atoms with Gasteiger partial charge in [0.15, 0.2) is 0 Å². The smallest absolute Gasteiger partial charge is 0.207 e. The molecule has 0 radical (unpaired) electrons. The van der Waals surface area contributed by atoms with Gasteiger partial charge in [0.1, 0.15) is 0 Å². The highest BCUT2D eigenvalue weighted by molar-refractivity contribution is 7.89. The molecule has 1 aromatic rings. The Kier molecular flexibility index (Phi) is 4.46. The van der Waals surface area contributed by atoms with Crippen LogP contribution < -0.4 is 4.72 Å². The molecule has 1 fully saturated rings. The molecule has 1 aliphatic carbocycles. The van der Waals surface area contributed by atoms with Crippen molar-refractivity contribution in [3.05, 3.63) is 29.8 Å². The molecular formula is C13H15ClN2O2S. The van der Waals surface area contributed by atoms with Crippen molar-refractivity contribution in [2.45, 2.75) is 42.0 Å². The Morgan fingerprint density at radius 1 is 1.21 bits per heavy atom. The van der Waals surface area contributed by atoms with Gasteiger partial charge in [-0.1, -0.05) is 12.8 Å². The van der Waals surface area contributed by atoms with Gasteiger partial charge in [-0.25, -0.2) is 13.1 Å². The van der Waals surface area contributed by atoms with E-state index in [1.165, 1.54) is 24.3 Å². The largest absolute Gasteiger partial charge is 0.240 e. The lowest BCUT2D eigenvalue weighted by Crippen LogP contribution is -2.42. The number of rotatable bonds is 3. The zero-order chi connectivity index (χ0) is 13.9. The molecule has 0 heterocycles. The molecule has 1 aromatic carbocycles. The Balaban J connectivity index is 2.15. The van der Waals surface area contributed by atoms with Crippen molar-refractivity contribution in [3.8, 4) is 6.07 Å². The van der Waals surface area contributed by atoms with E-state index in [4.69, 9.17) is 16.9 Å². The zero-order valence-corrected chi connectivity index (χ0v) is 11.9. The van der Waals surface area contributed by atoms with Gasteiger partial charge in [-0.05, 0) is 37.1 Å². The summed E-state index contributed by atoms with van der Waals surface area (Å²) in [6, 6.07) is 7.61. The summed E-state index contributed by atoms with van der Waals surface area (Å²) in [5, 5.41) is 8.54. The molecule has 2 rings (SSSR count). The molecule has 1 saturated carbocycles. The molecule has 0 aromatic heterocycles. The van der Waals surface area contributed by atoms with Gasteiger partial charge in [-0.3, -0.25) is 0 Å². The predicted molar refractivity (Wildman–Crippen MR) is 73.4 cm³/mol. The average Bonchev–Trinajstić information content (AvgIpc) is 2.41. The van der Waals surface area contributed by atoms with Crippen molar-refractivity contribution in [2.75, 3.05) is 0 Å². The third kappa shape index (κ3) is 3.47. The summed E-state index contributed by atoms with van der Waals surface area (Å²) in [5.74, 6) is 0.